The van der Waals surface area contributed by atoms with E-state index in [4.69, 9.17) is 10.2 Å². The number of nitrogens with two attached hydrogens (primary N) is 1. The van der Waals surface area contributed by atoms with E-state index in [9.17, 15) is 0 Å². The van der Waals surface area contributed by atoms with Gasteiger partial charge in [0.25, 0.3) is 0 Å². The topological polar surface area (TPSA) is 35.2 Å². The van der Waals surface area contributed by atoms with Gasteiger partial charge >= 0.3 is 0 Å². The summed E-state index contributed by atoms with van der Waals surface area (Å²) in [7, 11) is 0.471. The zero-order chi connectivity index (χ0) is 12.8. The predicted molar refractivity (Wildman–Crippen MR) is 76.4 cm³/mol. The zero-order valence-electron chi connectivity index (χ0n) is 10.5. The molecule has 2 rings (SSSR count). The van der Waals surface area contributed by atoms with Crippen LogP contribution in [0.2, 0.25) is 6.55 Å². The summed E-state index contributed by atoms with van der Waals surface area (Å²) in [5.41, 5.74) is 9.17. The maximum Gasteiger partial charge on any atom is 0.227 e. The van der Waals surface area contributed by atoms with Crippen molar-refractivity contribution in [2.45, 2.75) is 19.1 Å². The molecule has 18 heavy (non-hydrogen) atoms. The Hall–Kier alpha value is -1.58. The molecular weight excluding hydrogens is 238 g/mol. The first-order valence-corrected chi connectivity index (χ1v) is 7.43. The first-order valence-electron chi connectivity index (χ1n) is 6.02. The van der Waals surface area contributed by atoms with E-state index in [0.717, 1.165) is 17.7 Å². The molecule has 0 aliphatic rings. The number of nitrogen functional groups attached to an aromatic ring is 1. The van der Waals surface area contributed by atoms with Crippen LogP contribution < -0.4 is 5.73 Å². The molecule has 92 valence electrons. The molecule has 0 spiro atoms. The minimum atomic E-state index is 0.0826. The Bertz CT molecular complexity index is 487. The fourth-order valence-corrected chi connectivity index (χ4v) is 2.46. The standard InChI is InChI=1S/C15H17NOSi/c1-18-17-15(12-7-3-2-4-8-12)11-13-9-5-6-10-14(13)16/h2-10,15H,11,16H2,1H3. The molecule has 0 amide bonds. The molecule has 2 aromatic carbocycles. The van der Waals surface area contributed by atoms with Crippen LogP contribution >= 0.6 is 0 Å². The summed E-state index contributed by atoms with van der Waals surface area (Å²) in [4.78, 5) is 0. The maximum atomic E-state index is 5.99. The number of rotatable bonds is 5. The summed E-state index contributed by atoms with van der Waals surface area (Å²) in [5.74, 6) is 0. The lowest BCUT2D eigenvalue weighted by atomic mass is 10.0. The Labute approximate surface area is 111 Å². The second kappa shape index (κ2) is 6.38. The van der Waals surface area contributed by atoms with Gasteiger partial charge in [-0.15, -0.1) is 0 Å². The molecule has 0 saturated carbocycles. The molecule has 3 heteroatoms. The van der Waals surface area contributed by atoms with Crippen molar-refractivity contribution in [2.75, 3.05) is 5.73 Å². The molecule has 2 radical (unpaired) electrons. The van der Waals surface area contributed by atoms with Gasteiger partial charge < -0.3 is 10.2 Å². The van der Waals surface area contributed by atoms with Crippen molar-refractivity contribution in [3.05, 3.63) is 65.7 Å². The second-order valence-corrected chi connectivity index (χ2v) is 4.77. The van der Waals surface area contributed by atoms with Crippen LogP contribution in [-0.4, -0.2) is 9.76 Å². The number of anilines is 1. The highest BCUT2D eigenvalue weighted by Gasteiger charge is 2.13. The van der Waals surface area contributed by atoms with E-state index in [1.807, 2.05) is 42.9 Å². The van der Waals surface area contributed by atoms with Gasteiger partial charge in [-0.1, -0.05) is 48.5 Å². The largest absolute Gasteiger partial charge is 0.411 e. The molecule has 0 bridgehead atoms. The number of para-hydroxylation sites is 1. The van der Waals surface area contributed by atoms with Crippen LogP contribution in [0.25, 0.3) is 0 Å². The molecule has 2 N–H and O–H groups in total. The van der Waals surface area contributed by atoms with E-state index < -0.39 is 0 Å². The van der Waals surface area contributed by atoms with Gasteiger partial charge in [0.05, 0.1) is 6.10 Å². The number of benzene rings is 2. The molecule has 0 fully saturated rings. The van der Waals surface area contributed by atoms with Crippen LogP contribution in [0.15, 0.2) is 54.6 Å². The van der Waals surface area contributed by atoms with Gasteiger partial charge in [-0.3, -0.25) is 0 Å². The van der Waals surface area contributed by atoms with Gasteiger partial charge in [0.2, 0.25) is 9.76 Å². The van der Waals surface area contributed by atoms with Crippen LogP contribution in [0.5, 0.6) is 0 Å². The Morgan fingerprint density at radius 3 is 2.39 bits per heavy atom. The quantitative estimate of drug-likeness (QED) is 0.657. The summed E-state index contributed by atoms with van der Waals surface area (Å²) < 4.78 is 5.86. The highest BCUT2D eigenvalue weighted by Crippen LogP contribution is 2.24. The predicted octanol–water partition coefficient (Wildman–Crippen LogP) is 3.24. The molecule has 0 aliphatic carbocycles. The van der Waals surface area contributed by atoms with Crippen LogP contribution in [0.4, 0.5) is 5.69 Å². The van der Waals surface area contributed by atoms with Crippen molar-refractivity contribution in [3.8, 4) is 0 Å². The van der Waals surface area contributed by atoms with Gasteiger partial charge in [-0.25, -0.2) is 0 Å². The van der Waals surface area contributed by atoms with Crippen molar-refractivity contribution in [1.29, 1.82) is 0 Å². The summed E-state index contributed by atoms with van der Waals surface area (Å²) in [6.07, 6.45) is 0.900. The van der Waals surface area contributed by atoms with E-state index in [-0.39, 0.29) is 6.10 Å². The van der Waals surface area contributed by atoms with Crippen molar-refractivity contribution >= 4 is 15.5 Å². The Morgan fingerprint density at radius 2 is 1.72 bits per heavy atom. The summed E-state index contributed by atoms with van der Waals surface area (Å²) >= 11 is 0. The average Bonchev–Trinajstić information content (AvgIpc) is 2.42. The molecule has 1 unspecified atom stereocenters. The highest BCUT2D eigenvalue weighted by molar-refractivity contribution is 6.24. The lowest BCUT2D eigenvalue weighted by molar-refractivity contribution is 0.219. The molecule has 2 nitrogen and oxygen atoms in total. The third-order valence-corrected chi connectivity index (χ3v) is 3.41. The van der Waals surface area contributed by atoms with Crippen LogP contribution in [0.1, 0.15) is 17.2 Å². The van der Waals surface area contributed by atoms with Crippen LogP contribution in [0, 0.1) is 0 Å². The van der Waals surface area contributed by atoms with Gasteiger partial charge in [0.15, 0.2) is 0 Å². The minimum absolute atomic E-state index is 0.0826. The van der Waals surface area contributed by atoms with Gasteiger partial charge in [0, 0.05) is 12.1 Å². The lowest BCUT2D eigenvalue weighted by Gasteiger charge is -2.18. The van der Waals surface area contributed by atoms with E-state index >= 15 is 0 Å². The SMILES string of the molecule is C[Si]OC(Cc1ccccc1N)c1ccccc1. The monoisotopic (exact) mass is 255 g/mol. The van der Waals surface area contributed by atoms with E-state index in [1.165, 1.54) is 5.56 Å². The highest BCUT2D eigenvalue weighted by atomic mass is 28.2. The van der Waals surface area contributed by atoms with Crippen molar-refractivity contribution in [3.63, 3.8) is 0 Å². The van der Waals surface area contributed by atoms with E-state index in [1.54, 1.807) is 0 Å². The summed E-state index contributed by atoms with van der Waals surface area (Å²) in [6.45, 7) is 2.05. The fourth-order valence-electron chi connectivity index (χ4n) is 1.96. The maximum absolute atomic E-state index is 5.99. The molecule has 0 aliphatic heterocycles. The molecule has 1 atom stereocenters. The minimum Gasteiger partial charge on any atom is -0.411 e. The summed E-state index contributed by atoms with van der Waals surface area (Å²) in [5, 5.41) is 0. The Balaban J connectivity index is 2.19. The molecule has 0 heterocycles. The Morgan fingerprint density at radius 1 is 1.06 bits per heavy atom. The molecule has 0 aromatic heterocycles. The third-order valence-electron chi connectivity index (χ3n) is 2.89. The molecule has 2 aromatic rings. The zero-order valence-corrected chi connectivity index (χ0v) is 11.5. The third kappa shape index (κ3) is 3.21. The molecular formula is C15H17NOSi. The fraction of sp³-hybridized carbons (Fsp3) is 0.200. The first kappa shape index (κ1) is 12.9. The number of hydrogen-bond acceptors (Lipinski definition) is 2. The summed E-state index contributed by atoms with van der Waals surface area (Å²) in [6, 6.07) is 18.3. The smallest absolute Gasteiger partial charge is 0.227 e. The van der Waals surface area contributed by atoms with Crippen LogP contribution in [-0.2, 0) is 10.8 Å². The Kier molecular flexibility index (Phi) is 4.56. The van der Waals surface area contributed by atoms with Gasteiger partial charge in [-0.05, 0) is 23.7 Å². The van der Waals surface area contributed by atoms with Crippen molar-refractivity contribution in [2.24, 2.45) is 0 Å². The second-order valence-electron chi connectivity index (χ2n) is 4.12. The average molecular weight is 255 g/mol. The normalized spacial score (nSPS) is 12.3. The van der Waals surface area contributed by atoms with Crippen LogP contribution in [0.3, 0.4) is 0 Å². The molecule has 0 saturated heterocycles. The first-order chi connectivity index (χ1) is 8.81. The van der Waals surface area contributed by atoms with Gasteiger partial charge in [-0.2, -0.15) is 0 Å². The van der Waals surface area contributed by atoms with E-state index in [2.05, 4.69) is 18.2 Å². The van der Waals surface area contributed by atoms with Gasteiger partial charge in [0.1, 0.15) is 0 Å². The lowest BCUT2D eigenvalue weighted by Crippen LogP contribution is -2.10. The van der Waals surface area contributed by atoms with E-state index in [0.29, 0.717) is 9.76 Å². The van der Waals surface area contributed by atoms with Crippen molar-refractivity contribution < 1.29 is 4.43 Å². The number of hydrogen-bond donors (Lipinski definition) is 1. The van der Waals surface area contributed by atoms with Crippen molar-refractivity contribution in [1.82, 2.24) is 0 Å².